The Labute approximate surface area is 84.6 Å². The lowest BCUT2D eigenvalue weighted by molar-refractivity contribution is 0.631. The van der Waals surface area contributed by atoms with E-state index in [4.69, 9.17) is 5.73 Å². The van der Waals surface area contributed by atoms with Gasteiger partial charge in [-0.05, 0) is 24.3 Å². The van der Waals surface area contributed by atoms with Gasteiger partial charge in [-0.2, -0.15) is 5.10 Å². The highest BCUT2D eigenvalue weighted by Gasteiger charge is 2.06. The van der Waals surface area contributed by atoms with E-state index in [0.29, 0.717) is 16.9 Å². The first-order chi connectivity index (χ1) is 7.16. The zero-order chi connectivity index (χ0) is 10.8. The van der Waals surface area contributed by atoms with Crippen LogP contribution in [-0.2, 0) is 0 Å². The highest BCUT2D eigenvalue weighted by atomic mass is 19.1. The summed E-state index contributed by atoms with van der Waals surface area (Å²) in [5, 5.41) is 5.96. The molecule has 76 valence electrons. The average Bonchev–Trinajstić information content (AvgIpc) is 2.20. The Balaban J connectivity index is 2.54. The molecule has 3 N–H and O–H groups in total. The number of rotatable bonds is 1. The van der Waals surface area contributed by atoms with Gasteiger partial charge in [0.05, 0.1) is 5.69 Å². The van der Waals surface area contributed by atoms with Crippen molar-refractivity contribution >= 4 is 5.69 Å². The van der Waals surface area contributed by atoms with Crippen LogP contribution in [0.15, 0.2) is 35.1 Å². The topological polar surface area (TPSA) is 71.8 Å². The first kappa shape index (κ1) is 9.39. The molecule has 0 aliphatic carbocycles. The van der Waals surface area contributed by atoms with Crippen molar-refractivity contribution in [2.24, 2.45) is 0 Å². The Morgan fingerprint density at radius 3 is 2.67 bits per heavy atom. The van der Waals surface area contributed by atoms with Crippen LogP contribution < -0.4 is 11.3 Å². The fourth-order valence-electron chi connectivity index (χ4n) is 1.23. The van der Waals surface area contributed by atoms with Gasteiger partial charge in [-0.15, -0.1) is 0 Å². The molecule has 1 heterocycles. The minimum Gasteiger partial charge on any atom is -0.399 e. The quantitative estimate of drug-likeness (QED) is 0.686. The molecule has 0 aliphatic heterocycles. The van der Waals surface area contributed by atoms with Crippen molar-refractivity contribution < 1.29 is 4.39 Å². The number of hydrogen-bond acceptors (Lipinski definition) is 3. The molecule has 0 bridgehead atoms. The molecule has 1 aromatic carbocycles. The van der Waals surface area contributed by atoms with Crippen LogP contribution in [0.1, 0.15) is 0 Å². The fraction of sp³-hybridized carbons (Fsp3) is 0. The van der Waals surface area contributed by atoms with Gasteiger partial charge in [-0.1, -0.05) is 0 Å². The Kier molecular flexibility index (Phi) is 2.21. The Morgan fingerprint density at radius 2 is 2.07 bits per heavy atom. The molecular formula is C10H8FN3O. The van der Waals surface area contributed by atoms with Crippen LogP contribution in [0.5, 0.6) is 0 Å². The SMILES string of the molecule is Nc1ccc(-c2ccc(=O)[nH]n2)c(F)c1. The number of hydrogen-bond donors (Lipinski definition) is 2. The van der Waals surface area contributed by atoms with Crippen molar-refractivity contribution in [2.45, 2.75) is 0 Å². The number of nitrogen functional groups attached to an aromatic ring is 1. The van der Waals surface area contributed by atoms with E-state index in [-0.39, 0.29) is 5.56 Å². The van der Waals surface area contributed by atoms with Crippen molar-refractivity contribution in [2.75, 3.05) is 5.73 Å². The van der Waals surface area contributed by atoms with Gasteiger partial charge < -0.3 is 5.73 Å². The van der Waals surface area contributed by atoms with E-state index in [0.717, 1.165) is 0 Å². The third-order valence-electron chi connectivity index (χ3n) is 1.95. The number of anilines is 1. The molecule has 0 amide bonds. The van der Waals surface area contributed by atoms with Crippen LogP contribution in [0.4, 0.5) is 10.1 Å². The maximum atomic E-state index is 13.4. The second-order valence-electron chi connectivity index (χ2n) is 3.05. The summed E-state index contributed by atoms with van der Waals surface area (Å²) in [6, 6.07) is 7.05. The van der Waals surface area contributed by atoms with Gasteiger partial charge >= 0.3 is 0 Å². The number of aromatic nitrogens is 2. The fourth-order valence-corrected chi connectivity index (χ4v) is 1.23. The third-order valence-corrected chi connectivity index (χ3v) is 1.95. The Morgan fingerprint density at radius 1 is 1.27 bits per heavy atom. The van der Waals surface area contributed by atoms with Crippen LogP contribution in [0.25, 0.3) is 11.3 Å². The Bertz CT molecular complexity index is 530. The predicted octanol–water partition coefficient (Wildman–Crippen LogP) is 1.16. The van der Waals surface area contributed by atoms with Gasteiger partial charge in [-0.3, -0.25) is 4.79 Å². The molecule has 0 spiro atoms. The number of aromatic amines is 1. The van der Waals surface area contributed by atoms with Gasteiger partial charge in [0.15, 0.2) is 0 Å². The van der Waals surface area contributed by atoms with Crippen molar-refractivity contribution in [3.8, 4) is 11.3 Å². The van der Waals surface area contributed by atoms with E-state index < -0.39 is 5.82 Å². The maximum absolute atomic E-state index is 13.4. The standard InChI is InChI=1S/C10H8FN3O/c11-8-5-6(12)1-2-7(8)9-3-4-10(15)14-13-9/h1-5H,12H2,(H,14,15). The van der Waals surface area contributed by atoms with Crippen molar-refractivity contribution in [1.29, 1.82) is 0 Å². The lowest BCUT2D eigenvalue weighted by atomic mass is 10.1. The van der Waals surface area contributed by atoms with Crippen LogP contribution in [-0.4, -0.2) is 10.2 Å². The summed E-state index contributed by atoms with van der Waals surface area (Å²) in [4.78, 5) is 10.8. The zero-order valence-corrected chi connectivity index (χ0v) is 7.70. The van der Waals surface area contributed by atoms with E-state index in [2.05, 4.69) is 10.2 Å². The van der Waals surface area contributed by atoms with E-state index >= 15 is 0 Å². The van der Waals surface area contributed by atoms with Crippen molar-refractivity contribution in [1.82, 2.24) is 10.2 Å². The molecule has 0 fully saturated rings. The number of H-pyrrole nitrogens is 1. The van der Waals surface area contributed by atoms with E-state index in [9.17, 15) is 9.18 Å². The van der Waals surface area contributed by atoms with Gasteiger partial charge in [0.25, 0.3) is 5.56 Å². The minimum atomic E-state index is -0.463. The lowest BCUT2D eigenvalue weighted by Crippen LogP contribution is -2.06. The van der Waals surface area contributed by atoms with Crippen molar-refractivity contribution in [3.05, 3.63) is 46.5 Å². The number of nitrogens with one attached hydrogen (secondary N) is 1. The molecule has 1 aromatic heterocycles. The zero-order valence-electron chi connectivity index (χ0n) is 7.70. The summed E-state index contributed by atoms with van der Waals surface area (Å²) in [6.07, 6.45) is 0. The third kappa shape index (κ3) is 1.85. The number of benzene rings is 1. The largest absolute Gasteiger partial charge is 0.399 e. The predicted molar refractivity (Wildman–Crippen MR) is 54.7 cm³/mol. The summed E-state index contributed by atoms with van der Waals surface area (Å²) in [7, 11) is 0. The van der Waals surface area contributed by atoms with Crippen LogP contribution in [0.2, 0.25) is 0 Å². The monoisotopic (exact) mass is 205 g/mol. The average molecular weight is 205 g/mol. The van der Waals surface area contributed by atoms with Crippen LogP contribution in [0, 0.1) is 5.82 Å². The first-order valence-corrected chi connectivity index (χ1v) is 4.28. The molecule has 0 atom stereocenters. The van der Waals surface area contributed by atoms with Gasteiger partial charge in [0.1, 0.15) is 5.82 Å². The molecule has 0 radical (unpaired) electrons. The number of nitrogens with two attached hydrogens (primary N) is 1. The molecule has 4 nitrogen and oxygen atoms in total. The molecule has 0 unspecified atom stereocenters. The summed E-state index contributed by atoms with van der Waals surface area (Å²) < 4.78 is 13.4. The van der Waals surface area contributed by atoms with Gasteiger partial charge in [-0.25, -0.2) is 9.49 Å². The summed E-state index contributed by atoms with van der Waals surface area (Å²) >= 11 is 0. The first-order valence-electron chi connectivity index (χ1n) is 4.28. The van der Waals surface area contributed by atoms with E-state index in [1.807, 2.05) is 0 Å². The summed E-state index contributed by atoms with van der Waals surface area (Å²) in [5.74, 6) is -0.463. The summed E-state index contributed by atoms with van der Waals surface area (Å²) in [5.41, 5.74) is 6.11. The number of halogens is 1. The molecular weight excluding hydrogens is 197 g/mol. The molecule has 0 saturated heterocycles. The highest BCUT2D eigenvalue weighted by Crippen LogP contribution is 2.21. The molecule has 2 aromatic rings. The van der Waals surface area contributed by atoms with Gasteiger partial charge in [0, 0.05) is 17.3 Å². The van der Waals surface area contributed by atoms with Gasteiger partial charge in [0.2, 0.25) is 0 Å². The van der Waals surface area contributed by atoms with Crippen LogP contribution in [0.3, 0.4) is 0 Å². The minimum absolute atomic E-state index is 0.306. The second-order valence-corrected chi connectivity index (χ2v) is 3.05. The Hall–Kier alpha value is -2.17. The molecule has 5 heteroatoms. The van der Waals surface area contributed by atoms with Crippen LogP contribution >= 0.6 is 0 Å². The summed E-state index contributed by atoms with van der Waals surface area (Å²) in [6.45, 7) is 0. The lowest BCUT2D eigenvalue weighted by Gasteiger charge is -2.02. The maximum Gasteiger partial charge on any atom is 0.264 e. The van der Waals surface area contributed by atoms with Crippen molar-refractivity contribution in [3.63, 3.8) is 0 Å². The molecule has 0 aliphatic rings. The molecule has 2 rings (SSSR count). The number of nitrogens with zero attached hydrogens (tertiary/aromatic N) is 1. The highest BCUT2D eigenvalue weighted by molar-refractivity contribution is 5.62. The van der Waals surface area contributed by atoms with E-state index in [1.54, 1.807) is 6.07 Å². The molecule has 0 saturated carbocycles. The smallest absolute Gasteiger partial charge is 0.264 e. The normalized spacial score (nSPS) is 10.2. The molecule has 15 heavy (non-hydrogen) atoms. The van der Waals surface area contributed by atoms with E-state index in [1.165, 1.54) is 24.3 Å². The second kappa shape index (κ2) is 3.53.